The van der Waals surface area contributed by atoms with E-state index in [-0.39, 0.29) is 5.97 Å². The van der Waals surface area contributed by atoms with Crippen LogP contribution in [0.1, 0.15) is 54.7 Å². The third kappa shape index (κ3) is 7.95. The van der Waals surface area contributed by atoms with E-state index in [9.17, 15) is 4.79 Å². The van der Waals surface area contributed by atoms with Crippen molar-refractivity contribution in [3.8, 4) is 0 Å². The van der Waals surface area contributed by atoms with Crippen molar-refractivity contribution in [1.82, 2.24) is 15.2 Å². The predicted molar refractivity (Wildman–Crippen MR) is 135 cm³/mol. The summed E-state index contributed by atoms with van der Waals surface area (Å²) in [4.78, 5) is 18.4. The summed E-state index contributed by atoms with van der Waals surface area (Å²) in [6.07, 6.45) is 11.9. The summed E-state index contributed by atoms with van der Waals surface area (Å²) in [6.45, 7) is 8.32. The number of methoxy groups -OCH3 is 1. The maximum absolute atomic E-state index is 11.5. The van der Waals surface area contributed by atoms with Crippen LogP contribution in [0.2, 0.25) is 0 Å². The molecule has 33 heavy (non-hydrogen) atoms. The van der Waals surface area contributed by atoms with Gasteiger partial charge in [0, 0.05) is 38.4 Å². The summed E-state index contributed by atoms with van der Waals surface area (Å²) < 4.78 is 4.73. The van der Waals surface area contributed by atoms with Gasteiger partial charge in [-0.05, 0) is 49.8 Å². The van der Waals surface area contributed by atoms with E-state index in [1.165, 1.54) is 18.2 Å². The highest BCUT2D eigenvalue weighted by atomic mass is 16.5. The largest absolute Gasteiger partial charge is 0.465 e. The van der Waals surface area contributed by atoms with Gasteiger partial charge >= 0.3 is 5.97 Å². The monoisotopic (exact) mass is 447 g/mol. The van der Waals surface area contributed by atoms with E-state index in [2.05, 4.69) is 77.6 Å². The minimum atomic E-state index is -0.345. The lowest BCUT2D eigenvalue weighted by Crippen LogP contribution is -2.42. The van der Waals surface area contributed by atoms with Gasteiger partial charge in [-0.15, -0.1) is 0 Å². The molecule has 1 N–H and O–H groups in total. The second-order valence-corrected chi connectivity index (χ2v) is 8.73. The minimum Gasteiger partial charge on any atom is -0.465 e. The minimum absolute atomic E-state index is 0.345. The second-order valence-electron chi connectivity index (χ2n) is 8.73. The van der Waals surface area contributed by atoms with Gasteiger partial charge in [0.15, 0.2) is 0 Å². The number of rotatable bonds is 10. The number of carbonyl (C=O) groups excluding carboxylic acids is 1. The molecule has 2 heterocycles. The maximum Gasteiger partial charge on any atom is 0.339 e. The fraction of sp³-hybridized carbons (Fsp3) is 0.429. The molecule has 0 amide bonds. The lowest BCUT2D eigenvalue weighted by Gasteiger charge is -2.32. The maximum atomic E-state index is 11.5. The Hall–Kier alpha value is -2.76. The van der Waals surface area contributed by atoms with Crippen molar-refractivity contribution in [2.24, 2.45) is 5.92 Å². The highest BCUT2D eigenvalue weighted by Gasteiger charge is 2.19. The SMILES string of the molecule is CC[C@H](/C=C/CNC1CCN(Cc2ccc(C(=O)OC)cn2)CC1)/C(C)=C/c1ccccc1. The van der Waals surface area contributed by atoms with E-state index >= 15 is 0 Å². The van der Waals surface area contributed by atoms with Gasteiger partial charge in [0.25, 0.3) is 0 Å². The van der Waals surface area contributed by atoms with Crippen LogP contribution in [-0.4, -0.2) is 48.6 Å². The average molecular weight is 448 g/mol. The number of nitrogens with zero attached hydrogens (tertiary/aromatic N) is 2. The first-order valence-corrected chi connectivity index (χ1v) is 12.0. The molecule has 5 nitrogen and oxygen atoms in total. The lowest BCUT2D eigenvalue weighted by molar-refractivity contribution is 0.0600. The summed E-state index contributed by atoms with van der Waals surface area (Å²) in [5.41, 5.74) is 4.15. The Morgan fingerprint density at radius 3 is 2.61 bits per heavy atom. The first-order chi connectivity index (χ1) is 16.1. The van der Waals surface area contributed by atoms with Gasteiger partial charge in [0.1, 0.15) is 0 Å². The Balaban J connectivity index is 1.39. The Kier molecular flexibility index (Phi) is 9.85. The number of esters is 1. The third-order valence-electron chi connectivity index (χ3n) is 6.33. The van der Waals surface area contributed by atoms with Crippen LogP contribution >= 0.6 is 0 Å². The van der Waals surface area contributed by atoms with Crippen molar-refractivity contribution < 1.29 is 9.53 Å². The molecule has 1 fully saturated rings. The molecule has 0 unspecified atom stereocenters. The third-order valence-corrected chi connectivity index (χ3v) is 6.33. The second kappa shape index (κ2) is 13.1. The Labute approximate surface area is 198 Å². The van der Waals surface area contributed by atoms with Crippen LogP contribution in [-0.2, 0) is 11.3 Å². The molecular weight excluding hydrogens is 410 g/mol. The van der Waals surface area contributed by atoms with Crippen LogP contribution in [0.5, 0.6) is 0 Å². The number of nitrogens with one attached hydrogen (secondary N) is 1. The van der Waals surface area contributed by atoms with E-state index in [0.717, 1.165) is 51.1 Å². The molecule has 0 spiro atoms. The molecule has 1 saturated heterocycles. The molecule has 176 valence electrons. The lowest BCUT2D eigenvalue weighted by atomic mass is 9.95. The topological polar surface area (TPSA) is 54.5 Å². The van der Waals surface area contributed by atoms with E-state index in [4.69, 9.17) is 4.74 Å². The zero-order chi connectivity index (χ0) is 23.5. The Bertz CT molecular complexity index is 914. The van der Waals surface area contributed by atoms with Crippen LogP contribution in [0, 0.1) is 5.92 Å². The van der Waals surface area contributed by atoms with Gasteiger partial charge in [-0.3, -0.25) is 9.88 Å². The van der Waals surface area contributed by atoms with Gasteiger partial charge in [0.05, 0.1) is 18.4 Å². The summed E-state index contributed by atoms with van der Waals surface area (Å²) in [5, 5.41) is 3.70. The molecule has 2 aromatic rings. The molecule has 0 bridgehead atoms. The quantitative estimate of drug-likeness (QED) is 0.405. The van der Waals surface area contributed by atoms with Crippen LogP contribution in [0.15, 0.2) is 66.4 Å². The fourth-order valence-electron chi connectivity index (χ4n) is 4.28. The molecule has 0 aliphatic carbocycles. The number of likely N-dealkylation sites (tertiary alicyclic amines) is 1. The fourth-order valence-corrected chi connectivity index (χ4v) is 4.28. The van der Waals surface area contributed by atoms with Crippen molar-refractivity contribution in [3.05, 3.63) is 83.2 Å². The number of piperidine rings is 1. The van der Waals surface area contributed by atoms with E-state index in [0.29, 0.717) is 17.5 Å². The van der Waals surface area contributed by atoms with Crippen LogP contribution in [0.4, 0.5) is 0 Å². The van der Waals surface area contributed by atoms with E-state index in [1.54, 1.807) is 12.3 Å². The number of hydrogen-bond acceptors (Lipinski definition) is 5. The summed E-state index contributed by atoms with van der Waals surface area (Å²) in [6, 6.07) is 14.8. The highest BCUT2D eigenvalue weighted by Crippen LogP contribution is 2.19. The molecule has 1 aliphatic rings. The smallest absolute Gasteiger partial charge is 0.339 e. The summed E-state index contributed by atoms with van der Waals surface area (Å²) >= 11 is 0. The molecular formula is C28H37N3O2. The Morgan fingerprint density at radius 1 is 1.21 bits per heavy atom. The molecule has 1 aromatic heterocycles. The molecule has 1 atom stereocenters. The van der Waals surface area contributed by atoms with Crippen LogP contribution in [0.3, 0.4) is 0 Å². The van der Waals surface area contributed by atoms with Crippen molar-refractivity contribution in [2.45, 2.75) is 45.7 Å². The zero-order valence-electron chi connectivity index (χ0n) is 20.2. The van der Waals surface area contributed by atoms with Crippen LogP contribution in [0.25, 0.3) is 6.08 Å². The average Bonchev–Trinajstić information content (AvgIpc) is 2.85. The first-order valence-electron chi connectivity index (χ1n) is 12.0. The van der Waals surface area contributed by atoms with Gasteiger partial charge in [0.2, 0.25) is 0 Å². The predicted octanol–water partition coefficient (Wildman–Crippen LogP) is 5.11. The van der Waals surface area contributed by atoms with Crippen molar-refractivity contribution in [1.29, 1.82) is 0 Å². The van der Waals surface area contributed by atoms with Gasteiger partial charge in [-0.2, -0.15) is 0 Å². The summed E-state index contributed by atoms with van der Waals surface area (Å²) in [7, 11) is 1.39. The van der Waals surface area contributed by atoms with Gasteiger partial charge in [-0.1, -0.05) is 61.1 Å². The van der Waals surface area contributed by atoms with E-state index in [1.807, 2.05) is 6.07 Å². The standard InChI is InChI=1S/C28H37N3O2/c1-4-24(22(2)19-23-9-6-5-7-10-23)11-8-16-29-26-14-17-31(18-15-26)21-27-13-12-25(20-30-27)28(32)33-3/h5-13,19-20,24,26,29H,4,14-18,21H2,1-3H3/b11-8+,22-19+/t24-/m1/s1. The van der Waals surface area contributed by atoms with Crippen LogP contribution < -0.4 is 5.32 Å². The first kappa shape index (κ1) is 24.9. The van der Waals surface area contributed by atoms with Crippen molar-refractivity contribution >= 4 is 12.0 Å². The summed E-state index contributed by atoms with van der Waals surface area (Å²) in [5.74, 6) is 0.134. The number of hydrogen-bond donors (Lipinski definition) is 1. The number of allylic oxidation sites excluding steroid dienone is 2. The van der Waals surface area contributed by atoms with E-state index < -0.39 is 0 Å². The molecule has 1 aromatic carbocycles. The number of pyridine rings is 1. The number of ether oxygens (including phenoxy) is 1. The molecule has 0 saturated carbocycles. The van der Waals surface area contributed by atoms with Gasteiger partial charge < -0.3 is 10.1 Å². The van der Waals surface area contributed by atoms with Crippen molar-refractivity contribution in [3.63, 3.8) is 0 Å². The Morgan fingerprint density at radius 2 is 1.97 bits per heavy atom. The molecule has 3 rings (SSSR count). The van der Waals surface area contributed by atoms with Gasteiger partial charge in [-0.25, -0.2) is 4.79 Å². The van der Waals surface area contributed by atoms with Crippen molar-refractivity contribution in [2.75, 3.05) is 26.7 Å². The zero-order valence-corrected chi connectivity index (χ0v) is 20.2. The molecule has 0 radical (unpaired) electrons. The molecule has 5 heteroatoms. The molecule has 1 aliphatic heterocycles. The number of aromatic nitrogens is 1. The normalized spacial score (nSPS) is 16.8. The highest BCUT2D eigenvalue weighted by molar-refractivity contribution is 5.88. The number of carbonyl (C=O) groups is 1. The number of benzene rings is 1.